The van der Waals surface area contributed by atoms with E-state index in [1.165, 1.54) is 0 Å². The van der Waals surface area contributed by atoms with Crippen molar-refractivity contribution in [3.05, 3.63) is 29.6 Å². The molecule has 2 rings (SSSR count). The lowest BCUT2D eigenvalue weighted by Gasteiger charge is -2.36. The van der Waals surface area contributed by atoms with Crippen LogP contribution in [0.2, 0.25) is 0 Å². The molecule has 0 saturated carbocycles. The third-order valence-electron chi connectivity index (χ3n) is 2.95. The zero-order chi connectivity index (χ0) is 12.4. The number of aryl methyl sites for hydroxylation is 1. The molecule has 0 bridgehead atoms. The molecule has 4 nitrogen and oxygen atoms in total. The maximum absolute atomic E-state index is 12.3. The van der Waals surface area contributed by atoms with E-state index in [9.17, 15) is 4.79 Å². The molecule has 1 N–H and O–H groups in total. The zero-order valence-corrected chi connectivity index (χ0v) is 10.6. The van der Waals surface area contributed by atoms with Gasteiger partial charge in [-0.15, -0.1) is 0 Å². The molecule has 2 heterocycles. The van der Waals surface area contributed by atoms with Crippen LogP contribution in [-0.2, 0) is 0 Å². The second kappa shape index (κ2) is 4.84. The van der Waals surface area contributed by atoms with Crippen molar-refractivity contribution in [2.45, 2.75) is 32.9 Å². The molecule has 1 aliphatic heterocycles. The van der Waals surface area contributed by atoms with Crippen molar-refractivity contribution in [3.8, 4) is 0 Å². The fourth-order valence-corrected chi connectivity index (χ4v) is 2.32. The van der Waals surface area contributed by atoms with Crippen LogP contribution >= 0.6 is 0 Å². The van der Waals surface area contributed by atoms with Gasteiger partial charge in [-0.1, -0.05) is 6.07 Å². The highest BCUT2D eigenvalue weighted by molar-refractivity contribution is 5.92. The number of carbonyl (C=O) groups is 1. The van der Waals surface area contributed by atoms with E-state index in [1.54, 1.807) is 6.07 Å². The fraction of sp³-hybridized carbons (Fsp3) is 0.538. The quantitative estimate of drug-likeness (QED) is 0.793. The lowest BCUT2D eigenvalue weighted by molar-refractivity contribution is 0.0667. The number of piperazine rings is 1. The van der Waals surface area contributed by atoms with Crippen LogP contribution in [0.1, 0.15) is 30.0 Å². The highest BCUT2D eigenvalue weighted by Crippen LogP contribution is 2.09. The van der Waals surface area contributed by atoms with E-state index in [0.717, 1.165) is 18.8 Å². The second-order valence-electron chi connectivity index (χ2n) is 4.84. The van der Waals surface area contributed by atoms with Crippen LogP contribution in [0.5, 0.6) is 0 Å². The largest absolute Gasteiger partial charge is 0.334 e. The first-order chi connectivity index (χ1) is 8.06. The molecular weight excluding hydrogens is 214 g/mol. The third-order valence-corrected chi connectivity index (χ3v) is 2.95. The van der Waals surface area contributed by atoms with Gasteiger partial charge in [-0.3, -0.25) is 4.79 Å². The van der Waals surface area contributed by atoms with Gasteiger partial charge in [-0.25, -0.2) is 4.98 Å². The molecule has 17 heavy (non-hydrogen) atoms. The molecule has 4 heteroatoms. The van der Waals surface area contributed by atoms with E-state index >= 15 is 0 Å². The maximum Gasteiger partial charge on any atom is 0.272 e. The molecule has 1 aromatic rings. The summed E-state index contributed by atoms with van der Waals surface area (Å²) in [6, 6.07) is 6.25. The molecule has 1 aromatic heterocycles. The summed E-state index contributed by atoms with van der Waals surface area (Å²) in [7, 11) is 0. The molecular formula is C13H19N3O. The Kier molecular flexibility index (Phi) is 3.43. The molecule has 1 fully saturated rings. The summed E-state index contributed by atoms with van der Waals surface area (Å²) < 4.78 is 0. The summed E-state index contributed by atoms with van der Waals surface area (Å²) in [5, 5.41) is 3.41. The average molecular weight is 233 g/mol. The summed E-state index contributed by atoms with van der Waals surface area (Å²) in [4.78, 5) is 18.4. The van der Waals surface area contributed by atoms with Gasteiger partial charge in [-0.2, -0.15) is 0 Å². The van der Waals surface area contributed by atoms with Crippen LogP contribution in [0.15, 0.2) is 18.2 Å². The molecule has 0 aliphatic carbocycles. The molecule has 1 aliphatic rings. The molecule has 0 radical (unpaired) electrons. The van der Waals surface area contributed by atoms with Crippen molar-refractivity contribution < 1.29 is 4.79 Å². The summed E-state index contributed by atoms with van der Waals surface area (Å²) >= 11 is 0. The monoisotopic (exact) mass is 233 g/mol. The Hall–Kier alpha value is -1.42. The van der Waals surface area contributed by atoms with Crippen molar-refractivity contribution in [1.29, 1.82) is 0 Å². The maximum atomic E-state index is 12.3. The van der Waals surface area contributed by atoms with Gasteiger partial charge in [0.05, 0.1) is 0 Å². The third kappa shape index (κ3) is 2.82. The van der Waals surface area contributed by atoms with E-state index < -0.39 is 0 Å². The van der Waals surface area contributed by atoms with Crippen LogP contribution < -0.4 is 5.32 Å². The van der Waals surface area contributed by atoms with Gasteiger partial charge in [-0.05, 0) is 32.9 Å². The summed E-state index contributed by atoms with van der Waals surface area (Å²) in [5.41, 5.74) is 1.43. The molecule has 1 saturated heterocycles. The highest BCUT2D eigenvalue weighted by Gasteiger charge is 2.25. The van der Waals surface area contributed by atoms with Crippen molar-refractivity contribution in [2.75, 3.05) is 13.1 Å². The minimum atomic E-state index is 0.0360. The Morgan fingerprint density at radius 2 is 2.00 bits per heavy atom. The van der Waals surface area contributed by atoms with Crippen LogP contribution in [-0.4, -0.2) is 41.0 Å². The highest BCUT2D eigenvalue weighted by atomic mass is 16.2. The predicted octanol–water partition coefficient (Wildman–Crippen LogP) is 1.21. The number of aromatic nitrogens is 1. The zero-order valence-electron chi connectivity index (χ0n) is 10.6. The smallest absolute Gasteiger partial charge is 0.272 e. The van der Waals surface area contributed by atoms with Gasteiger partial charge >= 0.3 is 0 Å². The topological polar surface area (TPSA) is 45.2 Å². The molecule has 0 spiro atoms. The van der Waals surface area contributed by atoms with Crippen LogP contribution in [0.25, 0.3) is 0 Å². The molecule has 2 atom stereocenters. The first kappa shape index (κ1) is 12.0. The number of pyridine rings is 1. The Labute approximate surface area is 102 Å². The number of hydrogen-bond acceptors (Lipinski definition) is 3. The molecule has 92 valence electrons. The predicted molar refractivity (Wildman–Crippen MR) is 66.9 cm³/mol. The molecule has 1 amide bonds. The van der Waals surface area contributed by atoms with E-state index in [4.69, 9.17) is 0 Å². The Morgan fingerprint density at radius 3 is 2.59 bits per heavy atom. The van der Waals surface area contributed by atoms with Crippen molar-refractivity contribution in [1.82, 2.24) is 15.2 Å². The van der Waals surface area contributed by atoms with Crippen molar-refractivity contribution >= 4 is 5.91 Å². The number of rotatable bonds is 1. The Bertz CT molecular complexity index is 409. The van der Waals surface area contributed by atoms with Gasteiger partial charge in [0.1, 0.15) is 5.69 Å². The average Bonchev–Trinajstić information content (AvgIpc) is 2.26. The van der Waals surface area contributed by atoms with Crippen LogP contribution in [0, 0.1) is 6.92 Å². The lowest BCUT2D eigenvalue weighted by Crippen LogP contribution is -2.55. The van der Waals surface area contributed by atoms with Gasteiger partial charge < -0.3 is 10.2 Å². The number of nitrogens with zero attached hydrogens (tertiary/aromatic N) is 2. The van der Waals surface area contributed by atoms with Crippen LogP contribution in [0.4, 0.5) is 0 Å². The molecule has 0 unspecified atom stereocenters. The van der Waals surface area contributed by atoms with Gasteiger partial charge in [0, 0.05) is 30.9 Å². The SMILES string of the molecule is Cc1cccc(C(=O)N2C[C@@H](C)N[C@H](C)C2)n1. The van der Waals surface area contributed by atoms with Crippen LogP contribution in [0.3, 0.4) is 0 Å². The van der Waals surface area contributed by atoms with E-state index in [-0.39, 0.29) is 5.91 Å². The number of carbonyl (C=O) groups excluding carboxylic acids is 1. The van der Waals surface area contributed by atoms with Gasteiger partial charge in [0.2, 0.25) is 0 Å². The van der Waals surface area contributed by atoms with E-state index in [2.05, 4.69) is 24.1 Å². The van der Waals surface area contributed by atoms with E-state index in [1.807, 2.05) is 24.0 Å². The van der Waals surface area contributed by atoms with Crippen molar-refractivity contribution in [2.24, 2.45) is 0 Å². The summed E-state index contributed by atoms with van der Waals surface area (Å²) in [6.45, 7) is 7.59. The van der Waals surface area contributed by atoms with Crippen molar-refractivity contribution in [3.63, 3.8) is 0 Å². The Balaban J connectivity index is 2.14. The van der Waals surface area contributed by atoms with Gasteiger partial charge in [0.15, 0.2) is 0 Å². The van der Waals surface area contributed by atoms with Gasteiger partial charge in [0.25, 0.3) is 5.91 Å². The standard InChI is InChI=1S/C13H19N3O/c1-9-5-4-6-12(15-9)13(17)16-7-10(2)14-11(3)8-16/h4-6,10-11,14H,7-8H2,1-3H3/t10-,11-/m1/s1. The second-order valence-corrected chi connectivity index (χ2v) is 4.84. The number of nitrogens with one attached hydrogen (secondary N) is 1. The minimum Gasteiger partial charge on any atom is -0.334 e. The number of amides is 1. The minimum absolute atomic E-state index is 0.0360. The molecule has 0 aromatic carbocycles. The number of hydrogen-bond donors (Lipinski definition) is 1. The fourth-order valence-electron chi connectivity index (χ4n) is 2.32. The Morgan fingerprint density at radius 1 is 1.35 bits per heavy atom. The summed E-state index contributed by atoms with van der Waals surface area (Å²) in [5.74, 6) is 0.0360. The summed E-state index contributed by atoms with van der Waals surface area (Å²) in [6.07, 6.45) is 0. The van der Waals surface area contributed by atoms with E-state index in [0.29, 0.717) is 17.8 Å². The first-order valence-corrected chi connectivity index (χ1v) is 6.05. The first-order valence-electron chi connectivity index (χ1n) is 6.05. The lowest BCUT2D eigenvalue weighted by atomic mass is 10.1. The normalized spacial score (nSPS) is 24.8.